The van der Waals surface area contributed by atoms with Gasteiger partial charge in [0.2, 0.25) is 5.95 Å². The second-order valence-corrected chi connectivity index (χ2v) is 7.80. The SMILES string of the molecule is FC(F)(F)c1cccc(CNc2nc(Nc3ccc4[nH]ncc4c3)c3sccc3n2)c1. The number of H-pyrrole nitrogens is 1. The Hall–Kier alpha value is -3.66. The van der Waals surface area contributed by atoms with Gasteiger partial charge in [0.15, 0.2) is 5.82 Å². The molecule has 3 N–H and O–H groups in total. The third-order valence-corrected chi connectivity index (χ3v) is 5.62. The first-order valence-corrected chi connectivity index (χ1v) is 10.2. The molecule has 31 heavy (non-hydrogen) atoms. The first-order chi connectivity index (χ1) is 15.0. The average molecular weight is 440 g/mol. The van der Waals surface area contributed by atoms with Crippen LogP contribution in [0.1, 0.15) is 11.1 Å². The summed E-state index contributed by atoms with van der Waals surface area (Å²) in [5.41, 5.74) is 2.32. The molecular formula is C21H15F3N6S. The van der Waals surface area contributed by atoms with Crippen LogP contribution in [0.3, 0.4) is 0 Å². The summed E-state index contributed by atoms with van der Waals surface area (Å²) in [6.45, 7) is 0.167. The summed E-state index contributed by atoms with van der Waals surface area (Å²) in [5, 5.41) is 16.2. The van der Waals surface area contributed by atoms with Crippen LogP contribution in [0.15, 0.2) is 60.1 Å². The Bertz CT molecular complexity index is 1370. The van der Waals surface area contributed by atoms with E-state index in [2.05, 4.69) is 30.8 Å². The fourth-order valence-corrected chi connectivity index (χ4v) is 4.00. The second kappa shape index (κ2) is 7.55. The van der Waals surface area contributed by atoms with Crippen LogP contribution < -0.4 is 10.6 Å². The molecule has 2 aromatic carbocycles. The van der Waals surface area contributed by atoms with Gasteiger partial charge < -0.3 is 10.6 Å². The smallest absolute Gasteiger partial charge is 0.350 e. The van der Waals surface area contributed by atoms with Crippen molar-refractivity contribution in [2.24, 2.45) is 0 Å². The Kier molecular flexibility index (Phi) is 4.70. The number of nitrogens with one attached hydrogen (secondary N) is 3. The predicted octanol–water partition coefficient (Wildman–Crippen LogP) is 5.94. The number of nitrogens with zero attached hydrogens (tertiary/aromatic N) is 3. The molecule has 0 bridgehead atoms. The molecule has 0 amide bonds. The molecule has 0 saturated heterocycles. The van der Waals surface area contributed by atoms with Crippen LogP contribution in [-0.4, -0.2) is 20.2 Å². The zero-order chi connectivity index (χ0) is 21.4. The van der Waals surface area contributed by atoms with Crippen molar-refractivity contribution in [3.63, 3.8) is 0 Å². The van der Waals surface area contributed by atoms with Crippen molar-refractivity contribution in [1.82, 2.24) is 20.2 Å². The molecule has 0 aliphatic rings. The third-order valence-electron chi connectivity index (χ3n) is 4.71. The lowest BCUT2D eigenvalue weighted by atomic mass is 10.1. The molecule has 3 aromatic heterocycles. The molecule has 0 unspecified atom stereocenters. The highest BCUT2D eigenvalue weighted by atomic mass is 32.1. The summed E-state index contributed by atoms with van der Waals surface area (Å²) in [6, 6.07) is 12.9. The summed E-state index contributed by atoms with van der Waals surface area (Å²) in [6.07, 6.45) is -2.64. The van der Waals surface area contributed by atoms with E-state index in [0.717, 1.165) is 38.9 Å². The van der Waals surface area contributed by atoms with E-state index < -0.39 is 11.7 Å². The minimum absolute atomic E-state index is 0.167. The van der Waals surface area contributed by atoms with Crippen LogP contribution >= 0.6 is 11.3 Å². The molecule has 0 radical (unpaired) electrons. The molecule has 0 atom stereocenters. The van der Waals surface area contributed by atoms with Crippen LogP contribution in [0.5, 0.6) is 0 Å². The number of hydrogen-bond donors (Lipinski definition) is 3. The Morgan fingerprint density at radius 3 is 2.81 bits per heavy atom. The van der Waals surface area contributed by atoms with Crippen LogP contribution in [-0.2, 0) is 12.7 Å². The van der Waals surface area contributed by atoms with Crippen molar-refractivity contribution in [1.29, 1.82) is 0 Å². The molecule has 0 aliphatic carbocycles. The van der Waals surface area contributed by atoms with Gasteiger partial charge in [0.05, 0.1) is 27.5 Å². The van der Waals surface area contributed by atoms with E-state index in [1.165, 1.54) is 17.4 Å². The molecule has 0 fully saturated rings. The van der Waals surface area contributed by atoms with Crippen molar-refractivity contribution in [2.75, 3.05) is 10.6 Å². The lowest BCUT2D eigenvalue weighted by Crippen LogP contribution is -2.08. The van der Waals surface area contributed by atoms with Gasteiger partial charge in [-0.25, -0.2) is 4.98 Å². The lowest BCUT2D eigenvalue weighted by molar-refractivity contribution is -0.137. The normalized spacial score (nSPS) is 11.8. The van der Waals surface area contributed by atoms with Crippen molar-refractivity contribution in [3.8, 4) is 0 Å². The van der Waals surface area contributed by atoms with Crippen LogP contribution in [0.2, 0.25) is 0 Å². The zero-order valence-electron chi connectivity index (χ0n) is 15.9. The summed E-state index contributed by atoms with van der Waals surface area (Å²) < 4.78 is 39.7. The van der Waals surface area contributed by atoms with Gasteiger partial charge in [0.1, 0.15) is 0 Å². The van der Waals surface area contributed by atoms with Gasteiger partial charge in [-0.05, 0) is 47.3 Å². The average Bonchev–Trinajstić information content (AvgIpc) is 3.41. The Morgan fingerprint density at radius 1 is 1.03 bits per heavy atom. The van der Waals surface area contributed by atoms with Crippen molar-refractivity contribution < 1.29 is 13.2 Å². The fourth-order valence-electron chi connectivity index (χ4n) is 3.22. The standard InChI is InChI=1S/C21H15F3N6S/c22-21(23,24)14-3-1-2-12(8-14)10-25-20-28-17-6-7-31-18(17)19(29-20)27-15-4-5-16-13(9-15)11-26-30-16/h1-9,11H,10H2,(H,26,30)(H2,25,27,28,29). The van der Waals surface area contributed by atoms with E-state index in [9.17, 15) is 13.2 Å². The number of thiophene rings is 1. The molecule has 3 heterocycles. The second-order valence-electron chi connectivity index (χ2n) is 6.88. The zero-order valence-corrected chi connectivity index (χ0v) is 16.7. The summed E-state index contributed by atoms with van der Waals surface area (Å²) in [5.74, 6) is 0.949. The minimum atomic E-state index is -4.38. The molecule has 0 spiro atoms. The molecule has 0 aliphatic heterocycles. The van der Waals surface area contributed by atoms with E-state index in [1.54, 1.807) is 12.3 Å². The predicted molar refractivity (Wildman–Crippen MR) is 116 cm³/mol. The number of anilines is 3. The summed E-state index contributed by atoms with van der Waals surface area (Å²) >= 11 is 1.51. The maximum absolute atomic E-state index is 12.9. The van der Waals surface area contributed by atoms with Crippen LogP contribution in [0.4, 0.5) is 30.6 Å². The number of benzene rings is 2. The number of fused-ring (bicyclic) bond motifs is 2. The topological polar surface area (TPSA) is 78.5 Å². The Morgan fingerprint density at radius 2 is 1.94 bits per heavy atom. The van der Waals surface area contributed by atoms with Gasteiger partial charge in [-0.2, -0.15) is 23.3 Å². The molecule has 5 aromatic rings. The maximum atomic E-state index is 12.9. The lowest BCUT2D eigenvalue weighted by Gasteiger charge is -2.11. The number of halogens is 3. The van der Waals surface area contributed by atoms with Crippen molar-refractivity contribution in [3.05, 3.63) is 71.2 Å². The Balaban J connectivity index is 1.41. The largest absolute Gasteiger partial charge is 0.416 e. The summed E-state index contributed by atoms with van der Waals surface area (Å²) in [7, 11) is 0. The van der Waals surface area contributed by atoms with Gasteiger partial charge in [-0.1, -0.05) is 12.1 Å². The quantitative estimate of drug-likeness (QED) is 0.315. The first-order valence-electron chi connectivity index (χ1n) is 9.31. The highest BCUT2D eigenvalue weighted by Gasteiger charge is 2.30. The molecule has 156 valence electrons. The highest BCUT2D eigenvalue weighted by Crippen LogP contribution is 2.31. The number of aromatic nitrogens is 4. The summed E-state index contributed by atoms with van der Waals surface area (Å²) in [4.78, 5) is 9.03. The molecule has 5 rings (SSSR count). The number of hydrogen-bond acceptors (Lipinski definition) is 6. The van der Waals surface area contributed by atoms with Gasteiger partial charge in [0.25, 0.3) is 0 Å². The van der Waals surface area contributed by atoms with Gasteiger partial charge in [-0.3, -0.25) is 5.10 Å². The molecule has 0 saturated carbocycles. The Labute approximate surface area is 178 Å². The van der Waals surface area contributed by atoms with Gasteiger partial charge in [0, 0.05) is 17.6 Å². The molecular weight excluding hydrogens is 425 g/mol. The van der Waals surface area contributed by atoms with E-state index in [-0.39, 0.29) is 6.54 Å². The van der Waals surface area contributed by atoms with E-state index >= 15 is 0 Å². The third kappa shape index (κ3) is 4.02. The maximum Gasteiger partial charge on any atom is 0.416 e. The van der Waals surface area contributed by atoms with E-state index in [0.29, 0.717) is 17.3 Å². The van der Waals surface area contributed by atoms with Gasteiger partial charge in [-0.15, -0.1) is 11.3 Å². The first kappa shape index (κ1) is 19.3. The fraction of sp³-hybridized carbons (Fsp3) is 0.0952. The van der Waals surface area contributed by atoms with Crippen molar-refractivity contribution >= 4 is 49.9 Å². The highest BCUT2D eigenvalue weighted by molar-refractivity contribution is 7.17. The van der Waals surface area contributed by atoms with Crippen LogP contribution in [0, 0.1) is 0 Å². The number of rotatable bonds is 5. The molecule has 10 heteroatoms. The monoisotopic (exact) mass is 440 g/mol. The minimum Gasteiger partial charge on any atom is -0.350 e. The van der Waals surface area contributed by atoms with Crippen molar-refractivity contribution in [2.45, 2.75) is 12.7 Å². The number of aromatic amines is 1. The number of alkyl halides is 3. The van der Waals surface area contributed by atoms with Crippen LogP contribution in [0.25, 0.3) is 21.1 Å². The van der Waals surface area contributed by atoms with E-state index in [4.69, 9.17) is 0 Å². The van der Waals surface area contributed by atoms with E-state index in [1.807, 2.05) is 29.6 Å². The molecule has 6 nitrogen and oxygen atoms in total. The van der Waals surface area contributed by atoms with Gasteiger partial charge >= 0.3 is 6.18 Å².